The van der Waals surface area contributed by atoms with Crippen molar-refractivity contribution in [3.8, 4) is 0 Å². The molecule has 0 aliphatic carbocycles. The molecule has 16 nitrogen and oxygen atoms in total. The first-order valence-corrected chi connectivity index (χ1v) is 17.3. The molecule has 3 rings (SSSR count). The lowest BCUT2D eigenvalue weighted by molar-refractivity contribution is -0.141. The first-order valence-electron chi connectivity index (χ1n) is 17.3. The van der Waals surface area contributed by atoms with E-state index in [1.165, 1.54) is 6.92 Å². The van der Waals surface area contributed by atoms with Crippen LogP contribution in [0, 0.1) is 5.92 Å². The number of amides is 6. The number of hydrogen-bond donors (Lipinski definition) is 8. The molecule has 1 aromatic carbocycles. The van der Waals surface area contributed by atoms with Crippen molar-refractivity contribution in [1.82, 2.24) is 36.8 Å². The highest BCUT2D eigenvalue weighted by Crippen LogP contribution is 2.24. The zero-order valence-electron chi connectivity index (χ0n) is 30.4. The summed E-state index contributed by atoms with van der Waals surface area (Å²) in [6, 6.07) is -0.726. The van der Waals surface area contributed by atoms with Crippen molar-refractivity contribution in [1.29, 1.82) is 0 Å². The number of carbonyl (C=O) groups is 7. The minimum Gasteiger partial charge on any atom is -0.481 e. The Bertz CT molecular complexity index is 1480. The number of nitrogens with zero attached hydrogens (tertiary/aromatic N) is 1. The number of fused-ring (bicyclic) bond motifs is 3. The first kappa shape index (κ1) is 40.9. The summed E-state index contributed by atoms with van der Waals surface area (Å²) >= 11 is 0. The SMILES string of the molecule is CC(C)C[C@H]1NC(=O)c2cccc(c2)CNC(=O)[C@@H]2CCCN2[C@H](C(=O)NC(C)(C)C)[C@H](C)NC(=O)[C@H]([C@@H](C)O)NC(=O)[C@H](CC(=O)O)NC1=O. The highest BCUT2D eigenvalue weighted by atomic mass is 16.4. The van der Waals surface area contributed by atoms with Gasteiger partial charge in [0, 0.05) is 17.6 Å². The van der Waals surface area contributed by atoms with Gasteiger partial charge >= 0.3 is 5.97 Å². The van der Waals surface area contributed by atoms with Crippen LogP contribution in [0.1, 0.15) is 90.1 Å². The summed E-state index contributed by atoms with van der Waals surface area (Å²) in [5, 5.41) is 36.1. The van der Waals surface area contributed by atoms with Gasteiger partial charge in [0.25, 0.3) is 5.91 Å². The average Bonchev–Trinajstić information content (AvgIpc) is 3.49. The van der Waals surface area contributed by atoms with E-state index in [-0.39, 0.29) is 30.4 Å². The summed E-state index contributed by atoms with van der Waals surface area (Å²) in [7, 11) is 0. The van der Waals surface area contributed by atoms with Crippen molar-refractivity contribution in [2.75, 3.05) is 6.54 Å². The van der Waals surface area contributed by atoms with Crippen LogP contribution in [0.5, 0.6) is 0 Å². The smallest absolute Gasteiger partial charge is 0.305 e. The second-order valence-corrected chi connectivity index (χ2v) is 14.8. The van der Waals surface area contributed by atoms with Crippen LogP contribution in [0.4, 0.5) is 0 Å². The molecule has 51 heavy (non-hydrogen) atoms. The first-order chi connectivity index (χ1) is 23.8. The topological polar surface area (TPSA) is 235 Å². The highest BCUT2D eigenvalue weighted by Gasteiger charge is 2.43. The number of benzene rings is 1. The Kier molecular flexibility index (Phi) is 14.1. The van der Waals surface area contributed by atoms with Gasteiger partial charge in [0.05, 0.1) is 24.6 Å². The number of nitrogens with one attached hydrogen (secondary N) is 6. The van der Waals surface area contributed by atoms with Crippen LogP contribution in [0.25, 0.3) is 0 Å². The standard InChI is InChI=1S/C35H53N7O9/c1-18(2)14-23-30(47)39-24(16-26(44)45)31(48)40-27(20(4)43)33(50)37-19(3)28(34(51)41-35(5,6)7)42-13-9-12-25(42)32(49)36-17-21-10-8-11-22(15-21)29(46)38-23/h8,10-11,15,18-20,23-25,27-28,43H,9,12-14,16-17H2,1-7H3,(H,36,49)(H,37,50)(H,38,46)(H,39,47)(H,40,48)(H,41,51)(H,44,45)/t19-,20+,23+,24-,25-,27-,28-/m0/s1. The van der Waals surface area contributed by atoms with Gasteiger partial charge < -0.3 is 42.1 Å². The number of carboxylic acid groups (broad SMARTS) is 1. The molecule has 2 bridgehead atoms. The van der Waals surface area contributed by atoms with E-state index in [4.69, 9.17) is 0 Å². The molecule has 0 unspecified atom stereocenters. The van der Waals surface area contributed by atoms with Gasteiger partial charge in [-0.25, -0.2) is 0 Å². The third-order valence-electron chi connectivity index (χ3n) is 8.62. The van der Waals surface area contributed by atoms with Crippen LogP contribution in [0.2, 0.25) is 0 Å². The monoisotopic (exact) mass is 715 g/mol. The van der Waals surface area contributed by atoms with Gasteiger partial charge in [-0.1, -0.05) is 26.0 Å². The van der Waals surface area contributed by atoms with Gasteiger partial charge in [0.2, 0.25) is 29.5 Å². The molecule has 0 saturated carbocycles. The molecule has 2 aliphatic heterocycles. The van der Waals surface area contributed by atoms with E-state index < -0.39 is 89.8 Å². The van der Waals surface area contributed by atoms with Crippen LogP contribution in [-0.4, -0.2) is 111 Å². The van der Waals surface area contributed by atoms with Gasteiger partial charge in [-0.2, -0.15) is 0 Å². The molecule has 6 amide bonds. The maximum atomic E-state index is 13.8. The molecule has 8 N–H and O–H groups in total. The fourth-order valence-electron chi connectivity index (χ4n) is 6.29. The highest BCUT2D eigenvalue weighted by molar-refractivity contribution is 5.99. The van der Waals surface area contributed by atoms with Crippen molar-refractivity contribution >= 4 is 41.4 Å². The normalized spacial score (nSPS) is 26.7. The number of aliphatic hydroxyl groups excluding tert-OH is 1. The fraction of sp³-hybridized carbons (Fsp3) is 0.629. The van der Waals surface area contributed by atoms with Crippen molar-refractivity contribution in [2.24, 2.45) is 5.92 Å². The molecule has 1 saturated heterocycles. The molecule has 282 valence electrons. The summed E-state index contributed by atoms with van der Waals surface area (Å²) in [5.41, 5.74) is 0.140. The predicted molar refractivity (Wildman–Crippen MR) is 186 cm³/mol. The largest absolute Gasteiger partial charge is 0.481 e. The van der Waals surface area contributed by atoms with Gasteiger partial charge in [0.15, 0.2) is 0 Å². The summed E-state index contributed by atoms with van der Waals surface area (Å²) < 4.78 is 0. The number of carbonyl (C=O) groups excluding carboxylic acids is 6. The van der Waals surface area contributed by atoms with Crippen molar-refractivity contribution in [2.45, 2.75) is 129 Å². The maximum absolute atomic E-state index is 13.8. The number of carboxylic acids is 1. The van der Waals surface area contributed by atoms with Crippen LogP contribution in [0.3, 0.4) is 0 Å². The van der Waals surface area contributed by atoms with Crippen molar-refractivity contribution in [3.63, 3.8) is 0 Å². The third kappa shape index (κ3) is 11.7. The van der Waals surface area contributed by atoms with Crippen molar-refractivity contribution < 1.29 is 43.8 Å². The van der Waals surface area contributed by atoms with E-state index >= 15 is 0 Å². The molecular weight excluding hydrogens is 662 g/mol. The molecule has 0 aromatic heterocycles. The number of aliphatic hydroxyl groups is 1. The Balaban J connectivity index is 2.09. The Hall–Kier alpha value is -4.57. The molecule has 1 aromatic rings. The van der Waals surface area contributed by atoms with Gasteiger partial charge in [-0.15, -0.1) is 0 Å². The minimum absolute atomic E-state index is 0.0616. The zero-order valence-corrected chi connectivity index (χ0v) is 30.4. The van der Waals surface area contributed by atoms with Crippen LogP contribution in [-0.2, 0) is 35.3 Å². The quantitative estimate of drug-likeness (QED) is 0.189. The molecular formula is C35H53N7O9. The van der Waals surface area contributed by atoms with E-state index in [1.54, 1.807) is 56.9 Å². The summed E-state index contributed by atoms with van der Waals surface area (Å²) in [5.74, 6) is -5.71. The lowest BCUT2D eigenvalue weighted by atomic mass is 10.0. The van der Waals surface area contributed by atoms with E-state index in [9.17, 15) is 43.8 Å². The van der Waals surface area contributed by atoms with Gasteiger partial charge in [0.1, 0.15) is 24.2 Å². The van der Waals surface area contributed by atoms with E-state index in [2.05, 4.69) is 31.9 Å². The predicted octanol–water partition coefficient (Wildman–Crippen LogP) is -0.462. The molecule has 0 spiro atoms. The Morgan fingerprint density at radius 1 is 0.941 bits per heavy atom. The Labute approximate surface area is 298 Å². The molecule has 1 fully saturated rings. The fourth-order valence-corrected chi connectivity index (χ4v) is 6.29. The zero-order chi connectivity index (χ0) is 38.2. The molecule has 7 atom stereocenters. The average molecular weight is 716 g/mol. The van der Waals surface area contributed by atoms with Gasteiger partial charge in [-0.05, 0) is 84.0 Å². The Morgan fingerprint density at radius 3 is 2.22 bits per heavy atom. The summed E-state index contributed by atoms with van der Waals surface area (Å²) in [4.78, 5) is 95.0. The maximum Gasteiger partial charge on any atom is 0.305 e. The molecule has 0 radical (unpaired) electrons. The molecule has 16 heteroatoms. The second kappa shape index (κ2) is 17.6. The third-order valence-corrected chi connectivity index (χ3v) is 8.62. The van der Waals surface area contributed by atoms with E-state index in [0.29, 0.717) is 24.9 Å². The van der Waals surface area contributed by atoms with Gasteiger partial charge in [-0.3, -0.25) is 38.5 Å². The number of aliphatic carboxylic acids is 1. The van der Waals surface area contributed by atoms with Crippen LogP contribution in [0.15, 0.2) is 24.3 Å². The van der Waals surface area contributed by atoms with Crippen LogP contribution >= 0.6 is 0 Å². The Morgan fingerprint density at radius 2 is 1.61 bits per heavy atom. The number of rotatable bonds is 6. The molecule has 2 aliphatic rings. The van der Waals surface area contributed by atoms with E-state index in [1.807, 2.05) is 13.8 Å². The minimum atomic E-state index is -1.68. The number of hydrogen-bond acceptors (Lipinski definition) is 9. The lowest BCUT2D eigenvalue weighted by Crippen LogP contribution is -2.65. The van der Waals surface area contributed by atoms with Crippen molar-refractivity contribution in [3.05, 3.63) is 35.4 Å². The van der Waals surface area contributed by atoms with Crippen LogP contribution < -0.4 is 31.9 Å². The summed E-state index contributed by atoms with van der Waals surface area (Å²) in [6.45, 7) is 12.3. The van der Waals surface area contributed by atoms with E-state index in [0.717, 1.165) is 0 Å². The summed E-state index contributed by atoms with van der Waals surface area (Å²) in [6.07, 6.45) is -1.18. The lowest BCUT2D eigenvalue weighted by Gasteiger charge is -2.37. The molecule has 2 heterocycles. The second-order valence-electron chi connectivity index (χ2n) is 14.8.